The van der Waals surface area contributed by atoms with Gasteiger partial charge in [0.25, 0.3) is 11.8 Å². The molecule has 9 heteroatoms. The first kappa shape index (κ1) is 19.3. The van der Waals surface area contributed by atoms with Crippen molar-refractivity contribution in [2.24, 2.45) is 5.73 Å². The van der Waals surface area contributed by atoms with Gasteiger partial charge in [-0.05, 0) is 49.9 Å². The SMILES string of the molecule is C[C@H](OC(=O)c1ccc(F)cc1Cl)C(=O)Nc1sc2c(c1C(N)=O)CCC2. The summed E-state index contributed by atoms with van der Waals surface area (Å²) < 4.78 is 18.2. The summed E-state index contributed by atoms with van der Waals surface area (Å²) in [6.45, 7) is 1.38. The number of halogens is 2. The Kier molecular flexibility index (Phi) is 5.48. The number of primary amides is 1. The fourth-order valence-corrected chi connectivity index (χ4v) is 4.44. The second kappa shape index (κ2) is 7.66. The van der Waals surface area contributed by atoms with Crippen LogP contribution in [0.4, 0.5) is 9.39 Å². The van der Waals surface area contributed by atoms with Gasteiger partial charge >= 0.3 is 5.97 Å². The van der Waals surface area contributed by atoms with E-state index in [1.165, 1.54) is 24.3 Å². The van der Waals surface area contributed by atoms with E-state index in [0.717, 1.165) is 41.8 Å². The van der Waals surface area contributed by atoms with E-state index < -0.39 is 29.7 Å². The summed E-state index contributed by atoms with van der Waals surface area (Å²) in [5, 5.41) is 2.86. The molecule has 1 heterocycles. The van der Waals surface area contributed by atoms with Gasteiger partial charge in [0.1, 0.15) is 10.8 Å². The number of aryl methyl sites for hydroxylation is 1. The van der Waals surface area contributed by atoms with Gasteiger partial charge in [0, 0.05) is 4.88 Å². The van der Waals surface area contributed by atoms with E-state index in [-0.39, 0.29) is 10.6 Å². The highest BCUT2D eigenvalue weighted by molar-refractivity contribution is 7.17. The Labute approximate surface area is 163 Å². The predicted octanol–water partition coefficient (Wildman–Crippen LogP) is 3.31. The van der Waals surface area contributed by atoms with Crippen molar-refractivity contribution in [2.75, 3.05) is 5.32 Å². The largest absolute Gasteiger partial charge is 0.449 e. The Balaban J connectivity index is 1.71. The second-order valence-corrected chi connectivity index (χ2v) is 7.60. The highest BCUT2D eigenvalue weighted by Crippen LogP contribution is 2.38. The average molecular weight is 411 g/mol. The average Bonchev–Trinajstić information content (AvgIpc) is 3.14. The van der Waals surface area contributed by atoms with E-state index in [2.05, 4.69) is 5.32 Å². The number of hydrogen-bond acceptors (Lipinski definition) is 5. The Hall–Kier alpha value is -2.45. The zero-order chi connectivity index (χ0) is 19.7. The zero-order valence-corrected chi connectivity index (χ0v) is 15.9. The van der Waals surface area contributed by atoms with Crippen molar-refractivity contribution in [1.82, 2.24) is 0 Å². The Morgan fingerprint density at radius 2 is 2.07 bits per heavy atom. The quantitative estimate of drug-likeness (QED) is 0.738. The lowest BCUT2D eigenvalue weighted by molar-refractivity contribution is -0.123. The summed E-state index contributed by atoms with van der Waals surface area (Å²) in [6.07, 6.45) is 1.37. The first-order chi connectivity index (χ1) is 12.8. The third-order valence-corrected chi connectivity index (χ3v) is 5.73. The molecule has 1 aliphatic rings. The number of carbonyl (C=O) groups excluding carboxylic acids is 3. The van der Waals surface area contributed by atoms with Gasteiger partial charge in [-0.2, -0.15) is 0 Å². The van der Waals surface area contributed by atoms with Gasteiger partial charge in [-0.15, -0.1) is 11.3 Å². The van der Waals surface area contributed by atoms with Crippen molar-refractivity contribution >= 4 is 45.7 Å². The molecule has 1 atom stereocenters. The van der Waals surface area contributed by atoms with Crippen molar-refractivity contribution in [3.05, 3.63) is 50.6 Å². The van der Waals surface area contributed by atoms with E-state index >= 15 is 0 Å². The van der Waals surface area contributed by atoms with Gasteiger partial charge in [0.2, 0.25) is 0 Å². The number of hydrogen-bond donors (Lipinski definition) is 2. The van der Waals surface area contributed by atoms with E-state index in [9.17, 15) is 18.8 Å². The van der Waals surface area contributed by atoms with Crippen LogP contribution < -0.4 is 11.1 Å². The monoisotopic (exact) mass is 410 g/mol. The number of rotatable bonds is 5. The normalized spacial score (nSPS) is 13.7. The summed E-state index contributed by atoms with van der Waals surface area (Å²) in [6, 6.07) is 3.23. The molecular weight excluding hydrogens is 395 g/mol. The van der Waals surface area contributed by atoms with Crippen molar-refractivity contribution in [3.8, 4) is 0 Å². The highest BCUT2D eigenvalue weighted by Gasteiger charge is 2.28. The van der Waals surface area contributed by atoms with Gasteiger partial charge in [-0.1, -0.05) is 11.6 Å². The minimum Gasteiger partial charge on any atom is -0.449 e. The number of nitrogens with one attached hydrogen (secondary N) is 1. The van der Waals surface area contributed by atoms with E-state index in [4.69, 9.17) is 22.1 Å². The molecule has 2 aromatic rings. The van der Waals surface area contributed by atoms with Crippen molar-refractivity contribution in [3.63, 3.8) is 0 Å². The molecule has 0 spiro atoms. The summed E-state index contributed by atoms with van der Waals surface area (Å²) in [4.78, 5) is 37.3. The van der Waals surface area contributed by atoms with Gasteiger partial charge in [0.05, 0.1) is 16.1 Å². The van der Waals surface area contributed by atoms with Crippen LogP contribution in [0.25, 0.3) is 0 Å². The van der Waals surface area contributed by atoms with Gasteiger partial charge < -0.3 is 15.8 Å². The molecule has 0 unspecified atom stereocenters. The highest BCUT2D eigenvalue weighted by atomic mass is 35.5. The molecule has 0 saturated carbocycles. The number of esters is 1. The van der Waals surface area contributed by atoms with Gasteiger partial charge in [-0.25, -0.2) is 9.18 Å². The fraction of sp³-hybridized carbons (Fsp3) is 0.278. The lowest BCUT2D eigenvalue weighted by Gasteiger charge is -2.14. The second-order valence-electron chi connectivity index (χ2n) is 6.09. The van der Waals surface area contributed by atoms with Crippen LogP contribution in [-0.4, -0.2) is 23.9 Å². The molecule has 1 aromatic carbocycles. The van der Waals surface area contributed by atoms with Gasteiger partial charge in [-0.3, -0.25) is 9.59 Å². The number of ether oxygens (including phenoxy) is 1. The molecule has 0 radical (unpaired) electrons. The maximum atomic E-state index is 13.1. The lowest BCUT2D eigenvalue weighted by atomic mass is 10.1. The van der Waals surface area contributed by atoms with Crippen LogP contribution >= 0.6 is 22.9 Å². The summed E-state index contributed by atoms with van der Waals surface area (Å²) in [5.74, 6) is -2.66. The molecule has 2 amide bonds. The molecule has 1 aliphatic carbocycles. The number of amides is 2. The molecular formula is C18H16ClFN2O4S. The van der Waals surface area contributed by atoms with Crippen LogP contribution in [0.5, 0.6) is 0 Å². The van der Waals surface area contributed by atoms with E-state index in [1.807, 2.05) is 0 Å². The molecule has 6 nitrogen and oxygen atoms in total. The predicted molar refractivity (Wildman–Crippen MR) is 99.8 cm³/mol. The molecule has 1 aromatic heterocycles. The van der Waals surface area contributed by atoms with E-state index in [1.54, 1.807) is 0 Å². The number of nitrogens with two attached hydrogens (primary N) is 1. The standard InChI is InChI=1S/C18H16ClFN2O4S/c1-8(26-18(25)10-6-5-9(20)7-12(10)19)16(24)22-17-14(15(21)23)11-3-2-4-13(11)27-17/h5-8H,2-4H2,1H3,(H2,21,23)(H,22,24)/t8-/m0/s1. The smallest absolute Gasteiger partial charge is 0.340 e. The lowest BCUT2D eigenvalue weighted by Crippen LogP contribution is -2.30. The molecule has 0 bridgehead atoms. The summed E-state index contributed by atoms with van der Waals surface area (Å²) in [5.41, 5.74) is 6.61. The molecule has 27 heavy (non-hydrogen) atoms. The van der Waals surface area contributed by atoms with Crippen LogP contribution in [0.2, 0.25) is 5.02 Å². The maximum absolute atomic E-state index is 13.1. The molecule has 142 valence electrons. The number of thiophene rings is 1. The zero-order valence-electron chi connectivity index (χ0n) is 14.3. The Morgan fingerprint density at radius 3 is 2.74 bits per heavy atom. The number of benzene rings is 1. The van der Waals surface area contributed by atoms with Crippen LogP contribution in [0.3, 0.4) is 0 Å². The fourth-order valence-electron chi connectivity index (χ4n) is 2.90. The van der Waals surface area contributed by atoms with E-state index in [0.29, 0.717) is 10.6 Å². The van der Waals surface area contributed by atoms with Crippen LogP contribution in [0.1, 0.15) is 44.5 Å². The minimum absolute atomic E-state index is 0.0503. The van der Waals surface area contributed by atoms with Crippen LogP contribution in [0.15, 0.2) is 18.2 Å². The molecule has 0 fully saturated rings. The molecule has 3 rings (SSSR count). The topological polar surface area (TPSA) is 98.5 Å². The summed E-state index contributed by atoms with van der Waals surface area (Å²) in [7, 11) is 0. The van der Waals surface area contributed by atoms with Gasteiger partial charge in [0.15, 0.2) is 6.10 Å². The van der Waals surface area contributed by atoms with Crippen LogP contribution in [0, 0.1) is 5.82 Å². The third kappa shape index (κ3) is 3.96. The Morgan fingerprint density at radius 1 is 1.33 bits per heavy atom. The first-order valence-electron chi connectivity index (χ1n) is 8.19. The summed E-state index contributed by atoms with van der Waals surface area (Å²) >= 11 is 7.13. The molecule has 0 aliphatic heterocycles. The Bertz CT molecular complexity index is 944. The van der Waals surface area contributed by atoms with Crippen molar-refractivity contribution in [2.45, 2.75) is 32.3 Å². The molecule has 3 N–H and O–H groups in total. The minimum atomic E-state index is -1.16. The number of anilines is 1. The van der Waals surface area contributed by atoms with Crippen molar-refractivity contribution < 1.29 is 23.5 Å². The third-order valence-electron chi connectivity index (χ3n) is 4.21. The number of fused-ring (bicyclic) bond motifs is 1. The van der Waals surface area contributed by atoms with Crippen LogP contribution in [-0.2, 0) is 22.4 Å². The van der Waals surface area contributed by atoms with Crippen molar-refractivity contribution in [1.29, 1.82) is 0 Å². The number of carbonyl (C=O) groups is 3. The molecule has 0 saturated heterocycles. The first-order valence-corrected chi connectivity index (χ1v) is 9.38. The maximum Gasteiger partial charge on any atom is 0.340 e.